The Hall–Kier alpha value is -0.880. The van der Waals surface area contributed by atoms with Crippen LogP contribution in [0.25, 0.3) is 0 Å². The topological polar surface area (TPSA) is 99.5 Å². The van der Waals surface area contributed by atoms with Gasteiger partial charge >= 0.3 is 0 Å². The van der Waals surface area contributed by atoms with E-state index in [1.165, 1.54) is 0 Å². The largest absolute Gasteiger partial charge is 0.412 e. The maximum Gasteiger partial charge on any atom is 0.265 e. The van der Waals surface area contributed by atoms with E-state index >= 15 is 0 Å². The Labute approximate surface area is 101 Å². The number of carbonyl (C=O) groups excluding carboxylic acids is 1. The molecule has 1 rings (SSSR count). The Balaban J connectivity index is -0.000000480. The monoisotopic (exact) mass is 255 g/mol. The van der Waals surface area contributed by atoms with Crippen molar-refractivity contribution in [2.75, 3.05) is 0 Å². The van der Waals surface area contributed by atoms with E-state index in [-0.39, 0.29) is 36.2 Å². The summed E-state index contributed by atoms with van der Waals surface area (Å²) in [5, 5.41) is 0. The Morgan fingerprint density at radius 1 is 1.53 bits per heavy atom. The van der Waals surface area contributed by atoms with Crippen molar-refractivity contribution >= 4 is 30.7 Å². The van der Waals surface area contributed by atoms with Crippen LogP contribution in [0.1, 0.15) is 22.8 Å². The van der Waals surface area contributed by atoms with Crippen LogP contribution in [0, 0.1) is 0 Å². The summed E-state index contributed by atoms with van der Waals surface area (Å²) in [4.78, 5) is 15.0. The van der Waals surface area contributed by atoms with Crippen molar-refractivity contribution in [2.45, 2.75) is 13.3 Å². The molecule has 15 heavy (non-hydrogen) atoms. The number of hydrazine groups is 1. The first-order chi connectivity index (χ1) is 5.79. The van der Waals surface area contributed by atoms with Crippen LogP contribution in [0.15, 0.2) is 18.5 Å². The number of nitrogens with one attached hydrogen (secondary N) is 1. The highest BCUT2D eigenvalue weighted by Crippen LogP contribution is 2.06. The van der Waals surface area contributed by atoms with Crippen LogP contribution < -0.4 is 11.3 Å². The smallest absolute Gasteiger partial charge is 0.265 e. The predicted molar refractivity (Wildman–Crippen MR) is 63.4 cm³/mol. The van der Waals surface area contributed by atoms with Crippen molar-refractivity contribution in [3.05, 3.63) is 29.6 Å². The molecule has 88 valence electrons. The van der Waals surface area contributed by atoms with Crippen molar-refractivity contribution < 1.29 is 10.3 Å². The molecular weight excluding hydrogens is 241 g/mol. The summed E-state index contributed by atoms with van der Waals surface area (Å²) >= 11 is 0. The van der Waals surface area contributed by atoms with Crippen molar-refractivity contribution in [2.24, 2.45) is 5.84 Å². The maximum absolute atomic E-state index is 11.1. The molecule has 0 atom stereocenters. The number of hydrogen-bond donors (Lipinski definition) is 2. The predicted octanol–water partition coefficient (Wildman–Crippen LogP) is 0.266. The van der Waals surface area contributed by atoms with Crippen LogP contribution in [-0.4, -0.2) is 16.4 Å². The SMILES string of the molecule is CCc1cnccc1C(=O)NN.Cl.Cl.O. The van der Waals surface area contributed by atoms with Gasteiger partial charge in [-0.15, -0.1) is 24.8 Å². The molecule has 0 bridgehead atoms. The number of rotatable bonds is 2. The molecule has 1 aromatic rings. The molecular formula is C8H15Cl2N3O2. The first-order valence-corrected chi connectivity index (χ1v) is 3.73. The molecule has 0 fully saturated rings. The molecule has 0 saturated heterocycles. The number of halogens is 2. The van der Waals surface area contributed by atoms with Crippen molar-refractivity contribution in [1.82, 2.24) is 10.4 Å². The lowest BCUT2D eigenvalue weighted by Crippen LogP contribution is -2.30. The van der Waals surface area contributed by atoms with E-state index in [2.05, 4.69) is 10.4 Å². The number of aryl methyl sites for hydroxylation is 1. The number of carbonyl (C=O) groups is 1. The lowest BCUT2D eigenvalue weighted by Gasteiger charge is -2.03. The third kappa shape index (κ3) is 4.94. The second-order valence-electron chi connectivity index (χ2n) is 2.36. The van der Waals surface area contributed by atoms with Gasteiger partial charge in [-0.1, -0.05) is 6.92 Å². The van der Waals surface area contributed by atoms with E-state index in [0.717, 1.165) is 12.0 Å². The zero-order valence-electron chi connectivity index (χ0n) is 8.19. The van der Waals surface area contributed by atoms with Gasteiger partial charge in [0, 0.05) is 18.0 Å². The summed E-state index contributed by atoms with van der Waals surface area (Å²) in [6.07, 6.45) is 4.02. The molecule has 0 aliphatic heterocycles. The zero-order chi connectivity index (χ0) is 8.97. The summed E-state index contributed by atoms with van der Waals surface area (Å²) in [5.41, 5.74) is 3.59. The normalized spacial score (nSPS) is 7.60. The maximum atomic E-state index is 11.1. The van der Waals surface area contributed by atoms with Gasteiger partial charge in [-0.05, 0) is 18.1 Å². The molecule has 0 unspecified atom stereocenters. The van der Waals surface area contributed by atoms with E-state index in [4.69, 9.17) is 5.84 Å². The standard InChI is InChI=1S/C8H11N3O.2ClH.H2O/c1-2-6-5-10-4-3-7(6)8(12)11-9;;;/h3-5H,2,9H2,1H3,(H,11,12);2*1H;1H2. The van der Waals surface area contributed by atoms with Gasteiger partial charge in [0.2, 0.25) is 0 Å². The van der Waals surface area contributed by atoms with E-state index in [1.54, 1.807) is 18.5 Å². The summed E-state index contributed by atoms with van der Waals surface area (Å²) < 4.78 is 0. The van der Waals surface area contributed by atoms with E-state index in [9.17, 15) is 4.79 Å². The lowest BCUT2D eigenvalue weighted by atomic mass is 10.1. The third-order valence-corrected chi connectivity index (χ3v) is 1.66. The van der Waals surface area contributed by atoms with Crippen LogP contribution in [-0.2, 0) is 6.42 Å². The van der Waals surface area contributed by atoms with Gasteiger partial charge in [0.1, 0.15) is 0 Å². The number of nitrogens with zero attached hydrogens (tertiary/aromatic N) is 1. The molecule has 1 aromatic heterocycles. The van der Waals surface area contributed by atoms with Gasteiger partial charge in [0.25, 0.3) is 5.91 Å². The van der Waals surface area contributed by atoms with Crippen molar-refractivity contribution in [1.29, 1.82) is 0 Å². The summed E-state index contributed by atoms with van der Waals surface area (Å²) in [7, 11) is 0. The summed E-state index contributed by atoms with van der Waals surface area (Å²) in [6, 6.07) is 1.65. The highest BCUT2D eigenvalue weighted by atomic mass is 35.5. The molecule has 1 heterocycles. The van der Waals surface area contributed by atoms with Gasteiger partial charge in [0.15, 0.2) is 0 Å². The van der Waals surface area contributed by atoms with Gasteiger partial charge < -0.3 is 5.48 Å². The molecule has 0 spiro atoms. The number of hydrogen-bond acceptors (Lipinski definition) is 3. The molecule has 5 N–H and O–H groups in total. The van der Waals surface area contributed by atoms with Crippen LogP contribution in [0.2, 0.25) is 0 Å². The minimum atomic E-state index is -0.269. The number of amides is 1. The van der Waals surface area contributed by atoms with Crippen molar-refractivity contribution in [3.63, 3.8) is 0 Å². The zero-order valence-corrected chi connectivity index (χ0v) is 9.82. The van der Waals surface area contributed by atoms with Crippen LogP contribution in [0.4, 0.5) is 0 Å². The fourth-order valence-electron chi connectivity index (χ4n) is 1.01. The highest BCUT2D eigenvalue weighted by Gasteiger charge is 2.07. The minimum Gasteiger partial charge on any atom is -0.412 e. The first kappa shape index (κ1) is 19.7. The van der Waals surface area contributed by atoms with Crippen LogP contribution in [0.5, 0.6) is 0 Å². The number of nitrogen functional groups attached to an aromatic ring is 1. The summed E-state index contributed by atoms with van der Waals surface area (Å²) in [6.45, 7) is 1.96. The second kappa shape index (κ2) is 9.67. The third-order valence-electron chi connectivity index (χ3n) is 1.66. The molecule has 0 radical (unpaired) electrons. The van der Waals surface area contributed by atoms with E-state index in [0.29, 0.717) is 5.56 Å². The van der Waals surface area contributed by atoms with Gasteiger partial charge in [-0.25, -0.2) is 5.84 Å². The minimum absolute atomic E-state index is 0. The van der Waals surface area contributed by atoms with Crippen LogP contribution in [0.3, 0.4) is 0 Å². The average molecular weight is 256 g/mol. The fourth-order valence-corrected chi connectivity index (χ4v) is 1.01. The Bertz CT molecular complexity index is 297. The van der Waals surface area contributed by atoms with Crippen LogP contribution >= 0.6 is 24.8 Å². The van der Waals surface area contributed by atoms with Gasteiger partial charge in [-0.2, -0.15) is 0 Å². The Morgan fingerprint density at radius 3 is 2.60 bits per heavy atom. The number of pyridine rings is 1. The molecule has 0 aromatic carbocycles. The molecule has 0 aliphatic carbocycles. The molecule has 0 saturated carbocycles. The van der Waals surface area contributed by atoms with E-state index < -0.39 is 0 Å². The average Bonchev–Trinajstić information content (AvgIpc) is 2.16. The van der Waals surface area contributed by atoms with Gasteiger partial charge in [0.05, 0.1) is 0 Å². The quantitative estimate of drug-likeness (QED) is 0.451. The molecule has 7 heteroatoms. The fraction of sp³-hybridized carbons (Fsp3) is 0.250. The van der Waals surface area contributed by atoms with E-state index in [1.807, 2.05) is 6.92 Å². The highest BCUT2D eigenvalue weighted by molar-refractivity contribution is 5.95. The van der Waals surface area contributed by atoms with Crippen molar-refractivity contribution in [3.8, 4) is 0 Å². The Kier molecular flexibility index (Phi) is 12.7. The lowest BCUT2D eigenvalue weighted by molar-refractivity contribution is 0.0952. The molecule has 5 nitrogen and oxygen atoms in total. The Morgan fingerprint density at radius 2 is 2.13 bits per heavy atom. The number of aromatic nitrogens is 1. The van der Waals surface area contributed by atoms with Gasteiger partial charge in [-0.3, -0.25) is 15.2 Å². The second-order valence-corrected chi connectivity index (χ2v) is 2.36. The molecule has 1 amide bonds. The molecule has 0 aliphatic rings. The number of nitrogens with two attached hydrogens (primary N) is 1. The summed E-state index contributed by atoms with van der Waals surface area (Å²) in [5.74, 6) is 4.74. The first-order valence-electron chi connectivity index (χ1n) is 3.73.